The minimum absolute atomic E-state index is 0.910. The van der Waals surface area contributed by atoms with E-state index in [2.05, 4.69) is 58.1 Å². The fourth-order valence-electron chi connectivity index (χ4n) is 4.07. The summed E-state index contributed by atoms with van der Waals surface area (Å²) in [6.07, 6.45) is 16.6. The summed E-state index contributed by atoms with van der Waals surface area (Å²) in [5, 5.41) is 0. The lowest BCUT2D eigenvalue weighted by Gasteiger charge is -2.33. The molecule has 0 spiro atoms. The van der Waals surface area contributed by atoms with Crippen LogP contribution in [-0.2, 0) is 0 Å². The lowest BCUT2D eigenvalue weighted by Crippen LogP contribution is -2.37. The quantitative estimate of drug-likeness (QED) is 0.202. The second-order valence-electron chi connectivity index (χ2n) is 8.47. The Morgan fingerprint density at radius 3 is 0.963 bits per heavy atom. The van der Waals surface area contributed by atoms with Crippen molar-refractivity contribution in [3.8, 4) is 0 Å². The van der Waals surface area contributed by atoms with Gasteiger partial charge >= 0.3 is 0 Å². The highest BCUT2D eigenvalue weighted by molar-refractivity contribution is 4.73. The Morgan fingerprint density at radius 2 is 0.778 bits per heavy atom. The molecule has 3 unspecified atom stereocenters. The summed E-state index contributed by atoms with van der Waals surface area (Å²) in [5.74, 6) is 10.7. The zero-order valence-electron chi connectivity index (χ0n) is 19.9. The van der Waals surface area contributed by atoms with Gasteiger partial charge in [-0.2, -0.15) is 0 Å². The first-order valence-corrected chi connectivity index (χ1v) is 12.2. The minimum Gasteiger partial charge on any atom is -0.303 e. The Hall–Kier alpha value is -0.120. The maximum Gasteiger partial charge on any atom is 0.000979 e. The van der Waals surface area contributed by atoms with Gasteiger partial charge in [0.15, 0.2) is 0 Å². The largest absolute Gasteiger partial charge is 0.303 e. The van der Waals surface area contributed by atoms with E-state index in [0.29, 0.717) is 0 Å². The van der Waals surface area contributed by atoms with E-state index in [1.54, 1.807) is 0 Å². The minimum atomic E-state index is 0.910. The molecule has 3 atom stereocenters. The summed E-state index contributed by atoms with van der Waals surface area (Å²) in [6.45, 7) is 18.3. The van der Waals surface area contributed by atoms with Crippen molar-refractivity contribution >= 4 is 0 Å². The summed E-state index contributed by atoms with van der Waals surface area (Å²) in [7, 11) is 0. The van der Waals surface area contributed by atoms with Crippen LogP contribution >= 0.6 is 0 Å². The number of rotatable bonds is 18. The normalized spacial score (nSPS) is 14.6. The number of nitrogens with two attached hydrogens (primary N) is 2. The first kappa shape index (κ1) is 29.1. The van der Waals surface area contributed by atoms with E-state index in [1.807, 2.05) is 0 Å². The van der Waals surface area contributed by atoms with Crippen molar-refractivity contribution in [1.82, 2.24) is 4.90 Å². The molecule has 0 saturated heterocycles. The van der Waals surface area contributed by atoms with E-state index in [-0.39, 0.29) is 0 Å². The molecule has 0 aliphatic heterocycles. The van der Waals surface area contributed by atoms with Crippen LogP contribution in [0.5, 0.6) is 0 Å². The van der Waals surface area contributed by atoms with Crippen molar-refractivity contribution in [1.29, 1.82) is 0 Å². The molecule has 0 heterocycles. The maximum atomic E-state index is 4.00. The number of nitrogens with zero attached hydrogens (tertiary/aromatic N) is 1. The van der Waals surface area contributed by atoms with Crippen LogP contribution in [-0.4, -0.2) is 24.5 Å². The molecular formula is C24H55N3. The van der Waals surface area contributed by atoms with Crippen LogP contribution in [0.3, 0.4) is 0 Å². The fourth-order valence-corrected chi connectivity index (χ4v) is 4.07. The van der Waals surface area contributed by atoms with Gasteiger partial charge in [-0.15, -0.1) is 0 Å². The van der Waals surface area contributed by atoms with Gasteiger partial charge < -0.3 is 4.90 Å². The van der Waals surface area contributed by atoms with Gasteiger partial charge in [0.05, 0.1) is 0 Å². The predicted molar refractivity (Wildman–Crippen MR) is 125 cm³/mol. The second kappa shape index (κ2) is 22.2. The van der Waals surface area contributed by atoms with Crippen LogP contribution in [0.15, 0.2) is 0 Å². The molecule has 0 aromatic heterocycles. The summed E-state index contributed by atoms with van der Waals surface area (Å²) in [4.78, 5) is 2.89. The van der Waals surface area contributed by atoms with Gasteiger partial charge in [0.1, 0.15) is 0 Å². The Morgan fingerprint density at radius 1 is 0.519 bits per heavy atom. The monoisotopic (exact) mass is 385 g/mol. The number of unbranched alkanes of at least 4 members (excludes halogenated alkanes) is 3. The first-order valence-electron chi connectivity index (χ1n) is 12.2. The summed E-state index contributed by atoms with van der Waals surface area (Å²) in [5.41, 5.74) is 0. The molecule has 0 aliphatic carbocycles. The van der Waals surface area contributed by atoms with E-state index in [4.69, 9.17) is 0 Å². The molecule has 0 aromatic carbocycles. The highest BCUT2D eigenvalue weighted by Crippen LogP contribution is 2.22. The van der Waals surface area contributed by atoms with Gasteiger partial charge in [-0.1, -0.05) is 99.3 Å². The van der Waals surface area contributed by atoms with Crippen LogP contribution in [0.25, 0.3) is 0 Å². The Labute approximate surface area is 173 Å². The molecule has 0 aromatic rings. The van der Waals surface area contributed by atoms with Crippen LogP contribution in [0.4, 0.5) is 0 Å². The van der Waals surface area contributed by atoms with Crippen LogP contribution in [0.2, 0.25) is 0 Å². The van der Waals surface area contributed by atoms with E-state index < -0.39 is 0 Å². The average molecular weight is 386 g/mol. The molecular weight excluding hydrogens is 330 g/mol. The topological polar surface area (TPSA) is 55.3 Å². The van der Waals surface area contributed by atoms with Crippen molar-refractivity contribution < 1.29 is 0 Å². The van der Waals surface area contributed by atoms with Gasteiger partial charge in [-0.3, -0.25) is 11.7 Å². The fraction of sp³-hybridized carbons (Fsp3) is 1.00. The van der Waals surface area contributed by atoms with Crippen molar-refractivity contribution in [2.75, 3.05) is 19.6 Å². The summed E-state index contributed by atoms with van der Waals surface area (Å²) >= 11 is 0. The first-order chi connectivity index (χ1) is 13.1. The van der Waals surface area contributed by atoms with E-state index >= 15 is 0 Å². The van der Waals surface area contributed by atoms with Crippen LogP contribution < -0.4 is 11.7 Å². The third kappa shape index (κ3) is 16.5. The van der Waals surface area contributed by atoms with Gasteiger partial charge in [-0.25, -0.2) is 0 Å². The number of hydrogen-bond acceptors (Lipinski definition) is 3. The smallest absolute Gasteiger partial charge is 0.000979 e. The molecule has 27 heavy (non-hydrogen) atoms. The third-order valence-corrected chi connectivity index (χ3v) is 6.18. The molecule has 0 amide bonds. The van der Waals surface area contributed by atoms with Crippen LogP contribution in [0, 0.1) is 17.8 Å². The molecule has 0 fully saturated rings. The molecule has 4 N–H and O–H groups in total. The van der Waals surface area contributed by atoms with Crippen molar-refractivity contribution in [3.63, 3.8) is 0 Å². The predicted octanol–water partition coefficient (Wildman–Crippen LogP) is 6.76. The standard InChI is InChI=1S/C24H51N.H4N2/c1-7-13-16-22(10-4)19-25(20-23(11-5)17-14-8-2)21-24(12-6)18-15-9-3;1-2/h22-24H,7-21H2,1-6H3;1-2H2. The maximum absolute atomic E-state index is 4.00. The van der Waals surface area contributed by atoms with Crippen LogP contribution in [0.1, 0.15) is 119 Å². The van der Waals surface area contributed by atoms with Crippen molar-refractivity contribution in [3.05, 3.63) is 0 Å². The van der Waals surface area contributed by atoms with Gasteiger partial charge in [0.2, 0.25) is 0 Å². The second-order valence-corrected chi connectivity index (χ2v) is 8.47. The van der Waals surface area contributed by atoms with Gasteiger partial charge in [0, 0.05) is 19.6 Å². The van der Waals surface area contributed by atoms with E-state index in [0.717, 1.165) is 17.8 Å². The number of hydrazine groups is 1. The highest BCUT2D eigenvalue weighted by atomic mass is 15.1. The van der Waals surface area contributed by atoms with E-state index in [1.165, 1.54) is 96.7 Å². The molecule has 3 nitrogen and oxygen atoms in total. The van der Waals surface area contributed by atoms with Crippen molar-refractivity contribution in [2.45, 2.75) is 119 Å². The zero-order chi connectivity index (χ0) is 20.9. The van der Waals surface area contributed by atoms with E-state index in [9.17, 15) is 0 Å². The Balaban J connectivity index is 0. The van der Waals surface area contributed by atoms with Gasteiger partial charge in [-0.05, 0) is 37.0 Å². The third-order valence-electron chi connectivity index (χ3n) is 6.18. The Bertz CT molecular complexity index is 228. The molecule has 0 aliphatic rings. The highest BCUT2D eigenvalue weighted by Gasteiger charge is 2.19. The molecule has 0 saturated carbocycles. The van der Waals surface area contributed by atoms with Gasteiger partial charge in [0.25, 0.3) is 0 Å². The molecule has 3 heteroatoms. The molecule has 0 bridgehead atoms. The Kier molecular flexibility index (Phi) is 23.9. The number of hydrogen-bond donors (Lipinski definition) is 2. The lowest BCUT2D eigenvalue weighted by atomic mass is 9.93. The summed E-state index contributed by atoms with van der Waals surface area (Å²) < 4.78 is 0. The molecule has 166 valence electrons. The lowest BCUT2D eigenvalue weighted by molar-refractivity contribution is 0.152. The molecule has 0 rings (SSSR count). The van der Waals surface area contributed by atoms with Crippen molar-refractivity contribution in [2.24, 2.45) is 29.4 Å². The average Bonchev–Trinajstić information content (AvgIpc) is 2.72. The summed E-state index contributed by atoms with van der Waals surface area (Å²) in [6, 6.07) is 0. The SMILES string of the molecule is CCCCC(CC)CN(CC(CC)CCCC)CC(CC)CCCC.NN. The molecule has 0 radical (unpaired) electrons. The zero-order valence-corrected chi connectivity index (χ0v) is 19.9.